The van der Waals surface area contributed by atoms with E-state index in [1.54, 1.807) is 0 Å². The molecule has 0 saturated carbocycles. The zero-order valence-corrected chi connectivity index (χ0v) is 18.7. The van der Waals surface area contributed by atoms with Crippen molar-refractivity contribution in [1.29, 1.82) is 0 Å². The molecule has 0 spiro atoms. The summed E-state index contributed by atoms with van der Waals surface area (Å²) in [5.74, 6) is 0.0442. The van der Waals surface area contributed by atoms with Gasteiger partial charge in [0, 0.05) is 50.0 Å². The van der Waals surface area contributed by atoms with Gasteiger partial charge in [0.05, 0.1) is 6.10 Å². The Morgan fingerprint density at radius 3 is 2.62 bits per heavy atom. The van der Waals surface area contributed by atoms with Crippen LogP contribution in [0.15, 0.2) is 42.5 Å². The average Bonchev–Trinajstić information content (AvgIpc) is 2.81. The number of β-amino-alcohol motifs (C(OH)–C–C–N with tert-alkyl or cyclic N) is 1. The molecule has 0 unspecified atom stereocenters. The van der Waals surface area contributed by atoms with E-state index in [1.807, 2.05) is 17.0 Å². The van der Waals surface area contributed by atoms with Gasteiger partial charge in [-0.2, -0.15) is 0 Å². The van der Waals surface area contributed by atoms with Crippen LogP contribution in [0.1, 0.15) is 39.9 Å². The maximum Gasteiger partial charge on any atom is 0.254 e. The van der Waals surface area contributed by atoms with Crippen LogP contribution in [0, 0.1) is 0 Å². The van der Waals surface area contributed by atoms with Gasteiger partial charge in [-0.3, -0.25) is 9.69 Å². The first-order valence-electron chi connectivity index (χ1n) is 12.0. The van der Waals surface area contributed by atoms with E-state index < -0.39 is 6.10 Å². The molecule has 6 heteroatoms. The van der Waals surface area contributed by atoms with E-state index in [1.165, 1.54) is 11.1 Å². The number of anilines is 1. The Hall–Kier alpha value is -2.41. The summed E-state index contributed by atoms with van der Waals surface area (Å²) < 4.78 is 0. The van der Waals surface area contributed by atoms with Crippen molar-refractivity contribution in [2.24, 2.45) is 0 Å². The number of carbonyl (C=O) groups is 1. The van der Waals surface area contributed by atoms with E-state index in [-0.39, 0.29) is 5.91 Å². The molecule has 0 aromatic heterocycles. The van der Waals surface area contributed by atoms with Crippen LogP contribution < -0.4 is 10.6 Å². The Labute approximate surface area is 190 Å². The second-order valence-corrected chi connectivity index (χ2v) is 9.45. The molecule has 0 aliphatic carbocycles. The molecule has 5 rings (SSSR count). The maximum absolute atomic E-state index is 13.1. The molecule has 1 atom stereocenters. The smallest absolute Gasteiger partial charge is 0.254 e. The number of aliphatic hydroxyl groups is 1. The molecule has 2 aromatic rings. The fourth-order valence-corrected chi connectivity index (χ4v) is 5.32. The fraction of sp³-hybridized carbons (Fsp3) is 0.500. The third kappa shape index (κ3) is 4.82. The minimum atomic E-state index is -0.536. The summed E-state index contributed by atoms with van der Waals surface area (Å²) in [5.41, 5.74) is 5.78. The van der Waals surface area contributed by atoms with Gasteiger partial charge in [0.15, 0.2) is 0 Å². The molecule has 1 amide bonds. The van der Waals surface area contributed by atoms with Crippen molar-refractivity contribution in [3.8, 4) is 0 Å². The summed E-state index contributed by atoms with van der Waals surface area (Å²) in [4.78, 5) is 17.2. The second-order valence-electron chi connectivity index (χ2n) is 9.45. The van der Waals surface area contributed by atoms with Crippen LogP contribution in [0.25, 0.3) is 0 Å². The van der Waals surface area contributed by atoms with Crippen LogP contribution in [-0.2, 0) is 19.4 Å². The highest BCUT2D eigenvalue weighted by Gasteiger charge is 2.27. The fourth-order valence-electron chi connectivity index (χ4n) is 5.32. The van der Waals surface area contributed by atoms with Crippen molar-refractivity contribution < 1.29 is 9.90 Å². The van der Waals surface area contributed by atoms with Gasteiger partial charge in [-0.15, -0.1) is 0 Å². The first kappa shape index (κ1) is 21.4. The van der Waals surface area contributed by atoms with Gasteiger partial charge in [-0.05, 0) is 73.7 Å². The number of amides is 1. The first-order valence-corrected chi connectivity index (χ1v) is 12.0. The molecule has 3 aliphatic rings. The summed E-state index contributed by atoms with van der Waals surface area (Å²) >= 11 is 0. The predicted molar refractivity (Wildman–Crippen MR) is 127 cm³/mol. The van der Waals surface area contributed by atoms with E-state index in [2.05, 4.69) is 45.9 Å². The monoisotopic (exact) mass is 434 g/mol. The number of piperidine rings is 1. The Morgan fingerprint density at radius 2 is 1.78 bits per heavy atom. The van der Waals surface area contributed by atoms with Gasteiger partial charge in [0.25, 0.3) is 5.91 Å². The Bertz CT molecular complexity index is 957. The predicted octanol–water partition coefficient (Wildman–Crippen LogP) is 2.27. The SMILES string of the molecule is O=C1c2ccc(NC3CCNCC3)cc2CCN1C[C@H](O)CN1CCc2ccccc2C1. The van der Waals surface area contributed by atoms with E-state index >= 15 is 0 Å². The van der Waals surface area contributed by atoms with Crippen LogP contribution in [-0.4, -0.2) is 72.2 Å². The summed E-state index contributed by atoms with van der Waals surface area (Å²) in [6.45, 7) is 5.61. The van der Waals surface area contributed by atoms with Crippen molar-refractivity contribution >= 4 is 11.6 Å². The molecule has 3 aliphatic heterocycles. The Morgan fingerprint density at radius 1 is 1.00 bits per heavy atom. The third-order valence-electron chi connectivity index (χ3n) is 7.09. The van der Waals surface area contributed by atoms with Crippen LogP contribution in [0.4, 0.5) is 5.69 Å². The number of nitrogens with zero attached hydrogens (tertiary/aromatic N) is 2. The van der Waals surface area contributed by atoms with Gasteiger partial charge in [-0.25, -0.2) is 0 Å². The lowest BCUT2D eigenvalue weighted by Gasteiger charge is -2.34. The number of carbonyl (C=O) groups excluding carboxylic acids is 1. The van der Waals surface area contributed by atoms with Gasteiger partial charge in [-0.1, -0.05) is 24.3 Å². The zero-order chi connectivity index (χ0) is 21.9. The van der Waals surface area contributed by atoms with E-state index in [4.69, 9.17) is 0 Å². The lowest BCUT2D eigenvalue weighted by Crippen LogP contribution is -2.46. The van der Waals surface area contributed by atoms with Crippen molar-refractivity contribution in [3.05, 3.63) is 64.7 Å². The van der Waals surface area contributed by atoms with Crippen LogP contribution in [0.5, 0.6) is 0 Å². The first-order chi connectivity index (χ1) is 15.7. The minimum Gasteiger partial charge on any atom is -0.390 e. The highest BCUT2D eigenvalue weighted by Crippen LogP contribution is 2.25. The summed E-state index contributed by atoms with van der Waals surface area (Å²) in [7, 11) is 0. The molecule has 6 nitrogen and oxygen atoms in total. The number of fused-ring (bicyclic) bond motifs is 2. The van der Waals surface area contributed by atoms with E-state index in [0.717, 1.165) is 68.7 Å². The van der Waals surface area contributed by atoms with Crippen LogP contribution in [0.3, 0.4) is 0 Å². The van der Waals surface area contributed by atoms with Gasteiger partial charge in [0.2, 0.25) is 0 Å². The molecular formula is C26H34N4O2. The van der Waals surface area contributed by atoms with Gasteiger partial charge in [0.1, 0.15) is 0 Å². The second kappa shape index (κ2) is 9.61. The highest BCUT2D eigenvalue weighted by molar-refractivity contribution is 5.97. The maximum atomic E-state index is 13.1. The molecule has 3 heterocycles. The molecule has 170 valence electrons. The summed E-state index contributed by atoms with van der Waals surface area (Å²) in [6.07, 6.45) is 3.58. The number of benzene rings is 2. The number of rotatable bonds is 6. The molecule has 0 bridgehead atoms. The van der Waals surface area contributed by atoms with Gasteiger partial charge < -0.3 is 20.6 Å². The average molecular weight is 435 g/mol. The van der Waals surface area contributed by atoms with Crippen LogP contribution in [0.2, 0.25) is 0 Å². The standard InChI is InChI=1S/C26H34N4O2/c31-24(17-29-13-9-19-3-1-2-4-21(19)16-29)18-30-14-10-20-15-23(5-6-25(20)26(30)32)28-22-7-11-27-12-8-22/h1-6,15,22,24,27-28,31H,7-14,16-18H2/t24-/m1/s1. The van der Waals surface area contributed by atoms with Crippen LogP contribution >= 0.6 is 0 Å². The third-order valence-corrected chi connectivity index (χ3v) is 7.09. The highest BCUT2D eigenvalue weighted by atomic mass is 16.3. The normalized spacial score (nSPS) is 20.5. The molecule has 2 aromatic carbocycles. The van der Waals surface area contributed by atoms with Crippen molar-refractivity contribution in [3.63, 3.8) is 0 Å². The number of nitrogens with one attached hydrogen (secondary N) is 2. The summed E-state index contributed by atoms with van der Waals surface area (Å²) in [6, 6.07) is 15.2. The molecule has 1 saturated heterocycles. The molecule has 32 heavy (non-hydrogen) atoms. The quantitative estimate of drug-likeness (QED) is 0.651. The zero-order valence-electron chi connectivity index (χ0n) is 18.7. The minimum absolute atomic E-state index is 0.0442. The lowest BCUT2D eigenvalue weighted by molar-refractivity contribution is 0.0493. The largest absolute Gasteiger partial charge is 0.390 e. The van der Waals surface area contributed by atoms with E-state index in [9.17, 15) is 9.90 Å². The van der Waals surface area contributed by atoms with Crippen molar-refractivity contribution in [1.82, 2.24) is 15.1 Å². The topological polar surface area (TPSA) is 67.8 Å². The van der Waals surface area contributed by atoms with Crippen molar-refractivity contribution in [2.45, 2.75) is 44.4 Å². The van der Waals surface area contributed by atoms with E-state index in [0.29, 0.717) is 25.7 Å². The van der Waals surface area contributed by atoms with Crippen molar-refractivity contribution in [2.75, 3.05) is 44.6 Å². The number of hydrogen-bond donors (Lipinski definition) is 3. The van der Waals surface area contributed by atoms with Gasteiger partial charge >= 0.3 is 0 Å². The molecule has 1 fully saturated rings. The Kier molecular flexibility index (Phi) is 6.44. The number of aliphatic hydroxyl groups excluding tert-OH is 1. The lowest BCUT2D eigenvalue weighted by atomic mass is 9.97. The molecular weight excluding hydrogens is 400 g/mol. The molecule has 0 radical (unpaired) electrons. The molecule has 3 N–H and O–H groups in total. The number of hydrogen-bond acceptors (Lipinski definition) is 5. The summed E-state index contributed by atoms with van der Waals surface area (Å²) in [5, 5.41) is 17.8. The Balaban J connectivity index is 1.16.